The van der Waals surface area contributed by atoms with Crippen LogP contribution in [0.2, 0.25) is 0 Å². The van der Waals surface area contributed by atoms with Crippen LogP contribution in [-0.2, 0) is 6.54 Å². The van der Waals surface area contributed by atoms with Crippen molar-refractivity contribution in [2.24, 2.45) is 5.92 Å². The van der Waals surface area contributed by atoms with Crippen molar-refractivity contribution in [3.05, 3.63) is 18.2 Å². The van der Waals surface area contributed by atoms with Crippen LogP contribution in [0.4, 0.5) is 0 Å². The minimum Gasteiger partial charge on any atom is -0.334 e. The lowest BCUT2D eigenvalue weighted by atomic mass is 10.1. The summed E-state index contributed by atoms with van der Waals surface area (Å²) in [4.78, 5) is 4.45. The molecule has 0 aliphatic carbocycles. The number of nitrogens with zero attached hydrogens (tertiary/aromatic N) is 2. The van der Waals surface area contributed by atoms with Crippen LogP contribution >= 0.6 is 0 Å². The molecule has 1 rings (SSSR count). The summed E-state index contributed by atoms with van der Waals surface area (Å²) < 4.78 is 2.22. The van der Waals surface area contributed by atoms with Crippen LogP contribution in [0.1, 0.15) is 59.7 Å². The van der Waals surface area contributed by atoms with Crippen LogP contribution in [0.15, 0.2) is 12.5 Å². The number of imidazole rings is 1. The fourth-order valence-corrected chi connectivity index (χ4v) is 1.87. The number of nitrogens with one attached hydrogen (secondary N) is 1. The molecular formula is C14H27N3. The minimum absolute atomic E-state index is 0.146. The van der Waals surface area contributed by atoms with Crippen molar-refractivity contribution < 1.29 is 0 Å². The van der Waals surface area contributed by atoms with Gasteiger partial charge in [0, 0.05) is 24.3 Å². The Hall–Kier alpha value is -0.830. The molecule has 3 nitrogen and oxygen atoms in total. The van der Waals surface area contributed by atoms with Crippen LogP contribution in [0, 0.1) is 5.92 Å². The van der Waals surface area contributed by atoms with Gasteiger partial charge in [0.25, 0.3) is 0 Å². The molecule has 0 saturated heterocycles. The second-order valence-corrected chi connectivity index (χ2v) is 6.39. The van der Waals surface area contributed by atoms with Gasteiger partial charge in [-0.15, -0.1) is 0 Å². The molecule has 0 amide bonds. The van der Waals surface area contributed by atoms with Crippen molar-refractivity contribution in [2.75, 3.05) is 0 Å². The largest absolute Gasteiger partial charge is 0.334 e. The van der Waals surface area contributed by atoms with Gasteiger partial charge in [-0.25, -0.2) is 4.98 Å². The van der Waals surface area contributed by atoms with Gasteiger partial charge >= 0.3 is 0 Å². The lowest BCUT2D eigenvalue weighted by molar-refractivity contribution is 0.418. The van der Waals surface area contributed by atoms with Gasteiger partial charge in [-0.1, -0.05) is 13.8 Å². The molecular weight excluding hydrogens is 210 g/mol. The lowest BCUT2D eigenvalue weighted by Gasteiger charge is -2.19. The highest BCUT2D eigenvalue weighted by Gasteiger charge is 2.11. The van der Waals surface area contributed by atoms with Crippen molar-refractivity contribution in [1.29, 1.82) is 0 Å². The Balaban J connectivity index is 2.53. The molecule has 0 aliphatic heterocycles. The molecule has 0 fully saturated rings. The number of rotatable bonds is 5. The topological polar surface area (TPSA) is 29.9 Å². The molecule has 1 N–H and O–H groups in total. The molecule has 1 aromatic heterocycles. The monoisotopic (exact) mass is 237 g/mol. The van der Waals surface area contributed by atoms with Crippen LogP contribution in [0.5, 0.6) is 0 Å². The highest BCUT2D eigenvalue weighted by molar-refractivity contribution is 4.98. The van der Waals surface area contributed by atoms with Gasteiger partial charge in [0.15, 0.2) is 0 Å². The molecule has 3 heteroatoms. The summed E-state index contributed by atoms with van der Waals surface area (Å²) in [6, 6.07) is 0.533. The Morgan fingerprint density at radius 1 is 1.29 bits per heavy atom. The fourth-order valence-electron chi connectivity index (χ4n) is 1.87. The number of hydrogen-bond acceptors (Lipinski definition) is 2. The van der Waals surface area contributed by atoms with Crippen molar-refractivity contribution in [3.8, 4) is 0 Å². The maximum Gasteiger partial charge on any atom is 0.0952 e. The molecule has 1 atom stereocenters. The zero-order chi connectivity index (χ0) is 13.1. The molecule has 0 aromatic carbocycles. The summed E-state index contributed by atoms with van der Waals surface area (Å²) in [5, 5.41) is 3.46. The predicted molar refractivity (Wildman–Crippen MR) is 73.0 cm³/mol. The zero-order valence-electron chi connectivity index (χ0n) is 12.1. The van der Waals surface area contributed by atoms with E-state index in [4.69, 9.17) is 0 Å². The van der Waals surface area contributed by atoms with E-state index in [2.05, 4.69) is 62.6 Å². The third-order valence-electron chi connectivity index (χ3n) is 2.78. The summed E-state index contributed by atoms with van der Waals surface area (Å²) in [7, 11) is 0. The van der Waals surface area contributed by atoms with Gasteiger partial charge < -0.3 is 9.88 Å². The molecule has 0 spiro atoms. The highest BCUT2D eigenvalue weighted by atomic mass is 15.1. The zero-order valence-corrected chi connectivity index (χ0v) is 12.1. The lowest BCUT2D eigenvalue weighted by Crippen LogP contribution is -2.35. The Labute approximate surface area is 106 Å². The third kappa shape index (κ3) is 5.35. The maximum atomic E-state index is 4.45. The van der Waals surface area contributed by atoms with Gasteiger partial charge in [0.1, 0.15) is 0 Å². The Morgan fingerprint density at radius 3 is 2.47 bits per heavy atom. The van der Waals surface area contributed by atoms with Gasteiger partial charge in [-0.2, -0.15) is 0 Å². The van der Waals surface area contributed by atoms with Crippen LogP contribution in [0.3, 0.4) is 0 Å². The summed E-state index contributed by atoms with van der Waals surface area (Å²) >= 11 is 0. The van der Waals surface area contributed by atoms with E-state index in [0.717, 1.165) is 18.2 Å². The summed E-state index contributed by atoms with van der Waals surface area (Å²) in [5.41, 5.74) is 1.27. The minimum atomic E-state index is 0.146. The first-order chi connectivity index (χ1) is 7.78. The number of hydrogen-bond donors (Lipinski definition) is 1. The van der Waals surface area contributed by atoms with Gasteiger partial charge in [0.2, 0.25) is 0 Å². The van der Waals surface area contributed by atoms with Crippen molar-refractivity contribution in [3.63, 3.8) is 0 Å². The molecule has 98 valence electrons. The van der Waals surface area contributed by atoms with E-state index in [9.17, 15) is 0 Å². The molecule has 0 radical (unpaired) electrons. The van der Waals surface area contributed by atoms with E-state index in [-0.39, 0.29) is 5.54 Å². The van der Waals surface area contributed by atoms with E-state index >= 15 is 0 Å². The number of aromatic nitrogens is 2. The molecule has 17 heavy (non-hydrogen) atoms. The third-order valence-corrected chi connectivity index (χ3v) is 2.78. The van der Waals surface area contributed by atoms with E-state index in [1.54, 1.807) is 0 Å². The average Bonchev–Trinajstić information content (AvgIpc) is 2.60. The first-order valence-corrected chi connectivity index (χ1v) is 6.55. The predicted octanol–water partition coefficient (Wildman–Crippen LogP) is 3.38. The van der Waals surface area contributed by atoms with Crippen molar-refractivity contribution in [2.45, 2.75) is 66.1 Å². The fraction of sp³-hybridized carbons (Fsp3) is 0.786. The second-order valence-electron chi connectivity index (χ2n) is 6.39. The Morgan fingerprint density at radius 2 is 1.94 bits per heavy atom. The highest BCUT2D eigenvalue weighted by Crippen LogP contribution is 2.17. The second kappa shape index (κ2) is 5.67. The van der Waals surface area contributed by atoms with Crippen LogP contribution < -0.4 is 5.32 Å². The Kier molecular flexibility index (Phi) is 4.75. The molecule has 1 aromatic rings. The average molecular weight is 237 g/mol. The normalized spacial score (nSPS) is 14.3. The summed E-state index contributed by atoms with van der Waals surface area (Å²) in [6.07, 6.45) is 5.31. The Bertz CT molecular complexity index is 333. The first-order valence-electron chi connectivity index (χ1n) is 6.55. The van der Waals surface area contributed by atoms with Crippen LogP contribution in [-0.4, -0.2) is 15.1 Å². The molecule has 1 unspecified atom stereocenters. The molecule has 0 aliphatic rings. The standard InChI is InChI=1S/C14H27N3/c1-11(2)7-12(3)17-9-13(15-10-17)8-16-14(4,5)6/h9-12,16H,7-8H2,1-6H3. The first kappa shape index (κ1) is 14.2. The molecule has 1 heterocycles. The van der Waals surface area contributed by atoms with Crippen molar-refractivity contribution in [1.82, 2.24) is 14.9 Å². The molecule has 0 bridgehead atoms. The SMILES string of the molecule is CC(C)CC(C)n1cnc(CNC(C)(C)C)c1. The van der Waals surface area contributed by atoms with Gasteiger partial charge in [-0.3, -0.25) is 0 Å². The van der Waals surface area contributed by atoms with Gasteiger partial charge in [0.05, 0.1) is 12.0 Å². The maximum absolute atomic E-state index is 4.45. The summed E-state index contributed by atoms with van der Waals surface area (Å²) in [5.74, 6) is 0.726. The van der Waals surface area contributed by atoms with E-state index in [1.165, 1.54) is 6.42 Å². The summed E-state index contributed by atoms with van der Waals surface area (Å²) in [6.45, 7) is 14.1. The smallest absolute Gasteiger partial charge is 0.0952 e. The van der Waals surface area contributed by atoms with E-state index in [1.807, 2.05) is 6.33 Å². The van der Waals surface area contributed by atoms with E-state index < -0.39 is 0 Å². The quantitative estimate of drug-likeness (QED) is 0.851. The van der Waals surface area contributed by atoms with E-state index in [0.29, 0.717) is 6.04 Å². The van der Waals surface area contributed by atoms with Gasteiger partial charge in [-0.05, 0) is 40.0 Å². The molecule has 0 saturated carbocycles. The van der Waals surface area contributed by atoms with Crippen molar-refractivity contribution >= 4 is 0 Å². The van der Waals surface area contributed by atoms with Crippen LogP contribution in [0.25, 0.3) is 0 Å².